The fourth-order valence-corrected chi connectivity index (χ4v) is 4.19. The van der Waals surface area contributed by atoms with E-state index in [1.807, 2.05) is 0 Å². The Labute approximate surface area is 143 Å². The minimum atomic E-state index is 0.666. The Balaban J connectivity index is 1.95. The third kappa shape index (κ3) is 5.66. The summed E-state index contributed by atoms with van der Waals surface area (Å²) in [7, 11) is 0. The van der Waals surface area contributed by atoms with E-state index < -0.39 is 0 Å². The molecule has 0 aromatic carbocycles. The van der Waals surface area contributed by atoms with E-state index >= 15 is 0 Å². The van der Waals surface area contributed by atoms with Gasteiger partial charge in [0.1, 0.15) is 0 Å². The lowest BCUT2D eigenvalue weighted by Crippen LogP contribution is -2.49. The molecule has 4 nitrogen and oxygen atoms in total. The minimum Gasteiger partial charge on any atom is -0.357 e. The molecule has 4 heteroatoms. The molecule has 2 heterocycles. The topological polar surface area (TPSA) is 30.9 Å². The molecule has 134 valence electrons. The van der Waals surface area contributed by atoms with Gasteiger partial charge in [0.05, 0.1) is 0 Å². The van der Waals surface area contributed by atoms with Crippen LogP contribution < -0.4 is 5.32 Å². The first-order valence-electron chi connectivity index (χ1n) is 9.76. The van der Waals surface area contributed by atoms with Gasteiger partial charge in [-0.25, -0.2) is 0 Å². The van der Waals surface area contributed by atoms with Gasteiger partial charge in [-0.05, 0) is 64.3 Å². The molecule has 0 spiro atoms. The largest absolute Gasteiger partial charge is 0.357 e. The summed E-state index contributed by atoms with van der Waals surface area (Å²) in [6.45, 7) is 18.3. The predicted octanol–water partition coefficient (Wildman–Crippen LogP) is 3.05. The van der Waals surface area contributed by atoms with Gasteiger partial charge in [-0.2, -0.15) is 0 Å². The number of hydrogen-bond acceptors (Lipinski definition) is 2. The molecule has 0 bridgehead atoms. The molecule has 2 rings (SSSR count). The van der Waals surface area contributed by atoms with E-state index in [9.17, 15) is 0 Å². The van der Waals surface area contributed by atoms with Crippen molar-refractivity contribution in [3.05, 3.63) is 0 Å². The summed E-state index contributed by atoms with van der Waals surface area (Å²) >= 11 is 0. The first-order chi connectivity index (χ1) is 11.0. The van der Waals surface area contributed by atoms with Crippen LogP contribution in [0, 0.1) is 17.8 Å². The molecular weight excluding hydrogens is 284 g/mol. The molecule has 3 unspecified atom stereocenters. The molecule has 0 aromatic rings. The molecule has 0 radical (unpaired) electrons. The maximum atomic E-state index is 5.03. The van der Waals surface area contributed by atoms with E-state index in [2.05, 4.69) is 49.7 Å². The molecule has 2 fully saturated rings. The minimum absolute atomic E-state index is 0.666. The molecule has 1 N–H and O–H groups in total. The summed E-state index contributed by atoms with van der Waals surface area (Å²) in [5, 5.41) is 3.53. The van der Waals surface area contributed by atoms with Gasteiger partial charge < -0.3 is 15.1 Å². The van der Waals surface area contributed by atoms with Crippen LogP contribution in [0.1, 0.15) is 53.9 Å². The van der Waals surface area contributed by atoms with E-state index in [0.717, 1.165) is 49.9 Å². The van der Waals surface area contributed by atoms with E-state index in [1.165, 1.54) is 32.4 Å². The fourth-order valence-electron chi connectivity index (χ4n) is 4.19. The van der Waals surface area contributed by atoms with E-state index in [-0.39, 0.29) is 0 Å². The maximum absolute atomic E-state index is 5.03. The first-order valence-corrected chi connectivity index (χ1v) is 9.76. The number of guanidine groups is 1. The molecule has 2 aliphatic rings. The highest BCUT2D eigenvalue weighted by atomic mass is 15.3. The van der Waals surface area contributed by atoms with Gasteiger partial charge in [0.2, 0.25) is 0 Å². The lowest BCUT2D eigenvalue weighted by Gasteiger charge is -2.38. The average Bonchev–Trinajstić information content (AvgIpc) is 2.50. The van der Waals surface area contributed by atoms with E-state index in [1.54, 1.807) is 0 Å². The lowest BCUT2D eigenvalue weighted by molar-refractivity contribution is 0.143. The standard InChI is InChI=1S/C19H38N4/c1-6-20-19(23-12-16(4)10-17(5)13-23)21-11-18-8-7-9-22(14-18)15(2)3/h15-18H,6-14H2,1-5H3,(H,20,21). The number of nitrogens with one attached hydrogen (secondary N) is 1. The summed E-state index contributed by atoms with van der Waals surface area (Å²) in [5.74, 6) is 3.41. The highest BCUT2D eigenvalue weighted by molar-refractivity contribution is 5.80. The molecular formula is C19H38N4. The zero-order chi connectivity index (χ0) is 16.8. The molecule has 2 aliphatic heterocycles. The van der Waals surface area contributed by atoms with E-state index in [4.69, 9.17) is 4.99 Å². The number of hydrogen-bond donors (Lipinski definition) is 1. The zero-order valence-corrected chi connectivity index (χ0v) is 16.0. The van der Waals surface area contributed by atoms with Crippen LogP contribution in [0.3, 0.4) is 0 Å². The van der Waals surface area contributed by atoms with Crippen LogP contribution in [0.5, 0.6) is 0 Å². The number of piperidine rings is 2. The van der Waals surface area contributed by atoms with Crippen molar-refractivity contribution < 1.29 is 0 Å². The SMILES string of the molecule is CCNC(=NCC1CCCN(C(C)C)C1)N1CC(C)CC(C)C1. The van der Waals surface area contributed by atoms with Crippen LogP contribution in [0.4, 0.5) is 0 Å². The molecule has 0 aromatic heterocycles. The normalized spacial score (nSPS) is 30.8. The molecule has 0 saturated carbocycles. The Morgan fingerprint density at radius 3 is 2.48 bits per heavy atom. The Bertz CT molecular complexity index is 370. The maximum Gasteiger partial charge on any atom is 0.193 e. The van der Waals surface area contributed by atoms with Crippen LogP contribution in [0.15, 0.2) is 4.99 Å². The summed E-state index contributed by atoms with van der Waals surface area (Å²) in [5.41, 5.74) is 0. The van der Waals surface area contributed by atoms with Crippen molar-refractivity contribution >= 4 is 5.96 Å². The molecule has 2 saturated heterocycles. The van der Waals surface area contributed by atoms with Gasteiger partial charge in [-0.1, -0.05) is 13.8 Å². The summed E-state index contributed by atoms with van der Waals surface area (Å²) in [6, 6.07) is 0.666. The fraction of sp³-hybridized carbons (Fsp3) is 0.947. The molecule has 3 atom stereocenters. The van der Waals surface area contributed by atoms with Crippen molar-refractivity contribution in [3.63, 3.8) is 0 Å². The lowest BCUT2D eigenvalue weighted by atomic mass is 9.92. The first kappa shape index (κ1) is 18.6. The third-order valence-corrected chi connectivity index (χ3v) is 5.28. The van der Waals surface area contributed by atoms with Crippen molar-refractivity contribution in [1.29, 1.82) is 0 Å². The van der Waals surface area contributed by atoms with Crippen molar-refractivity contribution in [2.45, 2.75) is 59.9 Å². The van der Waals surface area contributed by atoms with Gasteiger partial charge in [0, 0.05) is 38.8 Å². The summed E-state index contributed by atoms with van der Waals surface area (Å²) < 4.78 is 0. The van der Waals surface area contributed by atoms with Crippen LogP contribution in [-0.4, -0.2) is 61.1 Å². The second-order valence-electron chi connectivity index (χ2n) is 8.14. The number of likely N-dealkylation sites (tertiary alicyclic amines) is 2. The highest BCUT2D eigenvalue weighted by Gasteiger charge is 2.25. The van der Waals surface area contributed by atoms with Crippen molar-refractivity contribution in [2.24, 2.45) is 22.7 Å². The van der Waals surface area contributed by atoms with Crippen molar-refractivity contribution in [2.75, 3.05) is 39.3 Å². The third-order valence-electron chi connectivity index (χ3n) is 5.28. The van der Waals surface area contributed by atoms with Crippen LogP contribution in [0.25, 0.3) is 0 Å². The monoisotopic (exact) mass is 322 g/mol. The van der Waals surface area contributed by atoms with Gasteiger partial charge in [0.15, 0.2) is 5.96 Å². The Morgan fingerprint density at radius 1 is 1.17 bits per heavy atom. The van der Waals surface area contributed by atoms with Crippen LogP contribution >= 0.6 is 0 Å². The predicted molar refractivity (Wildman–Crippen MR) is 99.9 cm³/mol. The number of aliphatic imine (C=N–C) groups is 1. The zero-order valence-electron chi connectivity index (χ0n) is 16.0. The Morgan fingerprint density at radius 2 is 1.87 bits per heavy atom. The van der Waals surface area contributed by atoms with Gasteiger partial charge in [-0.15, -0.1) is 0 Å². The van der Waals surface area contributed by atoms with Crippen molar-refractivity contribution in [3.8, 4) is 0 Å². The summed E-state index contributed by atoms with van der Waals surface area (Å²) in [4.78, 5) is 10.1. The van der Waals surface area contributed by atoms with Gasteiger partial charge in [0.25, 0.3) is 0 Å². The van der Waals surface area contributed by atoms with E-state index in [0.29, 0.717) is 6.04 Å². The van der Waals surface area contributed by atoms with Crippen molar-refractivity contribution in [1.82, 2.24) is 15.1 Å². The quantitative estimate of drug-likeness (QED) is 0.637. The number of nitrogens with zero attached hydrogens (tertiary/aromatic N) is 3. The molecule has 0 amide bonds. The molecule has 23 heavy (non-hydrogen) atoms. The van der Waals surface area contributed by atoms with Gasteiger partial charge in [-0.3, -0.25) is 4.99 Å². The smallest absolute Gasteiger partial charge is 0.193 e. The van der Waals surface area contributed by atoms with Crippen LogP contribution in [-0.2, 0) is 0 Å². The Kier molecular flexibility index (Phi) is 7.19. The number of rotatable bonds is 4. The second-order valence-corrected chi connectivity index (χ2v) is 8.14. The molecule has 0 aliphatic carbocycles. The second kappa shape index (κ2) is 8.91. The van der Waals surface area contributed by atoms with Crippen LogP contribution in [0.2, 0.25) is 0 Å². The highest BCUT2D eigenvalue weighted by Crippen LogP contribution is 2.22. The Hall–Kier alpha value is -0.770. The summed E-state index contributed by atoms with van der Waals surface area (Å²) in [6.07, 6.45) is 4.01. The average molecular weight is 323 g/mol. The van der Waals surface area contributed by atoms with Gasteiger partial charge >= 0.3 is 0 Å².